The molecule has 3 saturated carbocycles. The summed E-state index contributed by atoms with van der Waals surface area (Å²) in [5.74, 6) is 2.58. The average molecular weight is 293 g/mol. The van der Waals surface area contributed by atoms with Gasteiger partial charge in [0.15, 0.2) is 0 Å². The lowest BCUT2D eigenvalue weighted by Crippen LogP contribution is -2.49. The van der Waals surface area contributed by atoms with Crippen LogP contribution in [0.2, 0.25) is 0 Å². The molecule has 3 fully saturated rings. The van der Waals surface area contributed by atoms with E-state index in [1.54, 1.807) is 0 Å². The van der Waals surface area contributed by atoms with Gasteiger partial charge in [0.2, 0.25) is 0 Å². The van der Waals surface area contributed by atoms with Gasteiger partial charge in [0.05, 0.1) is 11.7 Å². The van der Waals surface area contributed by atoms with Gasteiger partial charge in [-0.1, -0.05) is 20.8 Å². The van der Waals surface area contributed by atoms with E-state index in [1.165, 1.54) is 57.8 Å². The topological polar surface area (TPSA) is 21.3 Å². The Balaban J connectivity index is 1.60. The van der Waals surface area contributed by atoms with Gasteiger partial charge >= 0.3 is 0 Å². The van der Waals surface area contributed by atoms with Crippen molar-refractivity contribution in [3.05, 3.63) is 0 Å². The molecule has 2 nitrogen and oxygen atoms in total. The summed E-state index contributed by atoms with van der Waals surface area (Å²) in [5.41, 5.74) is 0.149. The Labute approximate surface area is 131 Å². The molecule has 0 bridgehead atoms. The first-order valence-corrected chi connectivity index (χ1v) is 9.46. The van der Waals surface area contributed by atoms with Crippen molar-refractivity contribution in [2.24, 2.45) is 17.8 Å². The smallest absolute Gasteiger partial charge is 0.0810 e. The molecule has 0 aliphatic heterocycles. The van der Waals surface area contributed by atoms with Crippen LogP contribution >= 0.6 is 0 Å². The van der Waals surface area contributed by atoms with Gasteiger partial charge in [0.25, 0.3) is 0 Å². The zero-order valence-corrected chi connectivity index (χ0v) is 14.4. The molecule has 0 aromatic carbocycles. The maximum Gasteiger partial charge on any atom is 0.0810 e. The molecule has 3 rings (SSSR count). The average Bonchev–Trinajstić information content (AvgIpc) is 3.23. The SMILES string of the molecule is CC1CCC(CNC2CC2)(OC2CC(C)CC(C)C2)CC1. The Morgan fingerprint density at radius 3 is 2.05 bits per heavy atom. The van der Waals surface area contributed by atoms with E-state index in [2.05, 4.69) is 26.1 Å². The number of rotatable bonds is 5. The Hall–Kier alpha value is -0.0800. The lowest BCUT2D eigenvalue weighted by atomic mass is 9.77. The highest BCUT2D eigenvalue weighted by atomic mass is 16.5. The third-order valence-corrected chi connectivity index (χ3v) is 6.03. The second-order valence-corrected chi connectivity index (χ2v) is 8.68. The minimum atomic E-state index is 0.149. The molecule has 3 aliphatic rings. The molecule has 2 heteroatoms. The summed E-state index contributed by atoms with van der Waals surface area (Å²) in [6.45, 7) is 8.32. The molecular formula is C19H35NO. The Morgan fingerprint density at radius 1 is 0.857 bits per heavy atom. The number of nitrogens with one attached hydrogen (secondary N) is 1. The third kappa shape index (κ3) is 4.45. The van der Waals surface area contributed by atoms with E-state index in [0.29, 0.717) is 6.10 Å². The Morgan fingerprint density at radius 2 is 1.48 bits per heavy atom. The maximum absolute atomic E-state index is 6.82. The molecule has 21 heavy (non-hydrogen) atoms. The van der Waals surface area contributed by atoms with Crippen LogP contribution in [0.5, 0.6) is 0 Å². The van der Waals surface area contributed by atoms with E-state index in [9.17, 15) is 0 Å². The molecule has 0 spiro atoms. The van der Waals surface area contributed by atoms with Crippen LogP contribution in [-0.4, -0.2) is 24.3 Å². The lowest BCUT2D eigenvalue weighted by Gasteiger charge is -2.44. The minimum Gasteiger partial charge on any atom is -0.370 e. The van der Waals surface area contributed by atoms with Crippen LogP contribution in [0, 0.1) is 17.8 Å². The highest BCUT2D eigenvalue weighted by Gasteiger charge is 2.39. The fourth-order valence-corrected chi connectivity index (χ4v) is 4.57. The first-order chi connectivity index (χ1) is 10.0. The fourth-order valence-electron chi connectivity index (χ4n) is 4.57. The van der Waals surface area contributed by atoms with Crippen LogP contribution in [-0.2, 0) is 4.74 Å². The van der Waals surface area contributed by atoms with Gasteiger partial charge in [-0.3, -0.25) is 0 Å². The van der Waals surface area contributed by atoms with E-state index in [-0.39, 0.29) is 5.60 Å². The monoisotopic (exact) mass is 293 g/mol. The molecule has 0 saturated heterocycles. The van der Waals surface area contributed by atoms with Gasteiger partial charge < -0.3 is 10.1 Å². The van der Waals surface area contributed by atoms with Crippen molar-refractivity contribution >= 4 is 0 Å². The maximum atomic E-state index is 6.82. The van der Waals surface area contributed by atoms with Crippen molar-refractivity contribution in [1.29, 1.82) is 0 Å². The fraction of sp³-hybridized carbons (Fsp3) is 1.00. The lowest BCUT2D eigenvalue weighted by molar-refractivity contribution is -0.136. The van der Waals surface area contributed by atoms with Crippen LogP contribution in [0.4, 0.5) is 0 Å². The Bertz CT molecular complexity index is 320. The number of hydrogen-bond acceptors (Lipinski definition) is 2. The standard InChI is InChI=1S/C19H35NO/c1-14-6-8-19(9-7-14,13-20-17-4-5-17)21-18-11-15(2)10-16(3)12-18/h14-18,20H,4-13H2,1-3H3. The minimum absolute atomic E-state index is 0.149. The number of ether oxygens (including phenoxy) is 1. The zero-order valence-electron chi connectivity index (χ0n) is 14.4. The molecule has 0 heterocycles. The second-order valence-electron chi connectivity index (χ2n) is 8.68. The third-order valence-electron chi connectivity index (χ3n) is 6.03. The first-order valence-electron chi connectivity index (χ1n) is 9.46. The van der Waals surface area contributed by atoms with Gasteiger partial charge in [0, 0.05) is 12.6 Å². The summed E-state index contributed by atoms with van der Waals surface area (Å²) < 4.78 is 6.82. The second kappa shape index (κ2) is 6.58. The largest absolute Gasteiger partial charge is 0.370 e. The molecule has 0 aromatic heterocycles. The van der Waals surface area contributed by atoms with Crippen LogP contribution in [0.3, 0.4) is 0 Å². The van der Waals surface area contributed by atoms with E-state index >= 15 is 0 Å². The summed E-state index contributed by atoms with van der Waals surface area (Å²) >= 11 is 0. The first kappa shape index (κ1) is 15.8. The van der Waals surface area contributed by atoms with Crippen LogP contribution < -0.4 is 5.32 Å². The predicted octanol–water partition coefficient (Wildman–Crippen LogP) is 4.53. The van der Waals surface area contributed by atoms with E-state index < -0.39 is 0 Å². The normalized spacial score (nSPS) is 44.7. The van der Waals surface area contributed by atoms with E-state index in [4.69, 9.17) is 4.74 Å². The molecule has 122 valence electrons. The highest BCUT2D eigenvalue weighted by Crippen LogP contribution is 2.39. The summed E-state index contributed by atoms with van der Waals surface area (Å²) in [4.78, 5) is 0. The van der Waals surface area contributed by atoms with Crippen LogP contribution in [0.1, 0.15) is 78.6 Å². The van der Waals surface area contributed by atoms with Crippen LogP contribution in [0.15, 0.2) is 0 Å². The van der Waals surface area contributed by atoms with Gasteiger partial charge in [-0.05, 0) is 75.5 Å². The zero-order chi connectivity index (χ0) is 14.9. The molecule has 0 aromatic rings. The van der Waals surface area contributed by atoms with Crippen molar-refractivity contribution < 1.29 is 4.74 Å². The van der Waals surface area contributed by atoms with Crippen molar-refractivity contribution in [2.75, 3.05) is 6.54 Å². The molecule has 2 atom stereocenters. The summed E-state index contributed by atoms with van der Waals surface area (Å²) in [7, 11) is 0. The summed E-state index contributed by atoms with van der Waals surface area (Å²) in [6, 6.07) is 0.800. The Kier molecular flexibility index (Phi) is 4.95. The molecule has 3 aliphatic carbocycles. The highest BCUT2D eigenvalue weighted by molar-refractivity contribution is 4.93. The molecule has 2 unspecified atom stereocenters. The van der Waals surface area contributed by atoms with E-state index in [0.717, 1.165) is 30.3 Å². The number of hydrogen-bond donors (Lipinski definition) is 1. The molecular weight excluding hydrogens is 258 g/mol. The summed E-state index contributed by atoms with van der Waals surface area (Å²) in [5, 5.41) is 3.77. The van der Waals surface area contributed by atoms with E-state index in [1.807, 2.05) is 0 Å². The quantitative estimate of drug-likeness (QED) is 0.804. The van der Waals surface area contributed by atoms with Crippen molar-refractivity contribution in [1.82, 2.24) is 5.32 Å². The van der Waals surface area contributed by atoms with Crippen molar-refractivity contribution in [3.8, 4) is 0 Å². The predicted molar refractivity (Wildman–Crippen MR) is 88.4 cm³/mol. The van der Waals surface area contributed by atoms with Crippen LogP contribution in [0.25, 0.3) is 0 Å². The van der Waals surface area contributed by atoms with Gasteiger partial charge in [-0.2, -0.15) is 0 Å². The molecule has 0 radical (unpaired) electrons. The molecule has 0 amide bonds. The van der Waals surface area contributed by atoms with Crippen molar-refractivity contribution in [2.45, 2.75) is 96.3 Å². The van der Waals surface area contributed by atoms with Crippen molar-refractivity contribution in [3.63, 3.8) is 0 Å². The summed E-state index contributed by atoms with van der Waals surface area (Å²) in [6.07, 6.45) is 12.5. The molecule has 1 N–H and O–H groups in total. The van der Waals surface area contributed by atoms with Gasteiger partial charge in [-0.25, -0.2) is 0 Å². The van der Waals surface area contributed by atoms with Gasteiger partial charge in [0.1, 0.15) is 0 Å². The van der Waals surface area contributed by atoms with Gasteiger partial charge in [-0.15, -0.1) is 0 Å².